The molecule has 5 N–H and O–H groups in total. The lowest BCUT2D eigenvalue weighted by Gasteiger charge is -2.14. The van der Waals surface area contributed by atoms with Crippen molar-refractivity contribution in [1.29, 1.82) is 0 Å². The number of hydrogen-bond donors (Lipinski definition) is 4. The summed E-state index contributed by atoms with van der Waals surface area (Å²) in [6.07, 6.45) is 1.37. The molecule has 8 nitrogen and oxygen atoms in total. The molecule has 0 bridgehead atoms. The van der Waals surface area contributed by atoms with Gasteiger partial charge in [-0.1, -0.05) is 36.4 Å². The van der Waals surface area contributed by atoms with Crippen LogP contribution in [0.25, 0.3) is 10.9 Å². The van der Waals surface area contributed by atoms with Gasteiger partial charge in [0.2, 0.25) is 0 Å². The number of nitrogen functional groups attached to an aromatic ring is 1. The molecule has 150 valence electrons. The molecule has 0 aliphatic carbocycles. The number of nitrogens with one attached hydrogen (secondary N) is 3. The van der Waals surface area contributed by atoms with Gasteiger partial charge in [0.1, 0.15) is 12.0 Å². The minimum absolute atomic E-state index is 0.271. The molecule has 0 unspecified atom stereocenters. The lowest BCUT2D eigenvalue weighted by Crippen LogP contribution is -2.30. The van der Waals surface area contributed by atoms with Crippen LogP contribution in [0.15, 0.2) is 60.9 Å². The number of fused-ring (bicyclic) bond motifs is 1. The number of hydrazine groups is 1. The van der Waals surface area contributed by atoms with E-state index in [1.807, 2.05) is 62.4 Å². The van der Waals surface area contributed by atoms with E-state index in [2.05, 4.69) is 31.1 Å². The zero-order valence-electron chi connectivity index (χ0n) is 16.6. The van der Waals surface area contributed by atoms with Gasteiger partial charge >= 0.3 is 0 Å². The predicted octanol–water partition coefficient (Wildman–Crippen LogP) is 3.72. The third-order valence-corrected chi connectivity index (χ3v) is 4.68. The molecule has 4 aromatic rings. The van der Waals surface area contributed by atoms with Crippen LogP contribution < -0.4 is 21.9 Å². The highest BCUT2D eigenvalue weighted by atomic mass is 16.2. The Hall–Kier alpha value is -4.20. The van der Waals surface area contributed by atoms with Crippen LogP contribution in [-0.2, 0) is 0 Å². The summed E-state index contributed by atoms with van der Waals surface area (Å²) in [5, 5.41) is 4.22. The van der Waals surface area contributed by atoms with Crippen LogP contribution in [0.2, 0.25) is 0 Å². The first-order valence-electron chi connectivity index (χ1n) is 9.39. The Labute approximate surface area is 173 Å². The molecule has 0 saturated heterocycles. The van der Waals surface area contributed by atoms with Gasteiger partial charge in [-0.2, -0.15) is 0 Å². The highest BCUT2D eigenvalue weighted by molar-refractivity contribution is 5.97. The van der Waals surface area contributed by atoms with Gasteiger partial charge in [0, 0.05) is 16.6 Å². The second kappa shape index (κ2) is 8.04. The second-order valence-corrected chi connectivity index (χ2v) is 6.83. The van der Waals surface area contributed by atoms with Gasteiger partial charge in [-0.3, -0.25) is 20.6 Å². The van der Waals surface area contributed by atoms with Crippen LogP contribution in [-0.4, -0.2) is 20.9 Å². The Balaban J connectivity index is 1.56. The average Bonchev–Trinajstić information content (AvgIpc) is 2.75. The Morgan fingerprint density at radius 1 is 0.933 bits per heavy atom. The van der Waals surface area contributed by atoms with Crippen molar-refractivity contribution in [2.75, 3.05) is 16.5 Å². The van der Waals surface area contributed by atoms with Gasteiger partial charge in [0.15, 0.2) is 11.6 Å². The largest absolute Gasteiger partial charge is 0.393 e. The fourth-order valence-corrected chi connectivity index (χ4v) is 3.08. The smallest absolute Gasteiger partial charge is 0.269 e. The summed E-state index contributed by atoms with van der Waals surface area (Å²) in [6, 6.07) is 17.1. The molecule has 0 atom stereocenters. The van der Waals surface area contributed by atoms with Crippen molar-refractivity contribution in [3.05, 3.63) is 77.7 Å². The number of aryl methyl sites for hydroxylation is 2. The summed E-state index contributed by atoms with van der Waals surface area (Å²) in [5.74, 6) is 0.418. The minimum atomic E-state index is -0.283. The number of rotatable bonds is 5. The average molecular weight is 399 g/mol. The first kappa shape index (κ1) is 19.1. The maximum Gasteiger partial charge on any atom is 0.269 e. The lowest BCUT2D eigenvalue weighted by atomic mass is 10.1. The standard InChI is InChI=1S/C22H21N7O/c1-13-6-3-4-8-16(13)22(30)29-28-21-18(23)20(24-12-25-21)27-17-9-5-7-15-11-10-14(2)26-19(15)17/h3-12H,23H2,1-2H3,(H,29,30)(H2,24,25,27,28). The van der Waals surface area contributed by atoms with E-state index >= 15 is 0 Å². The molecule has 0 aliphatic heterocycles. The molecule has 0 aliphatic rings. The number of carbonyl (C=O) groups excluding carboxylic acids is 1. The number of carbonyl (C=O) groups is 1. The van der Waals surface area contributed by atoms with Crippen molar-refractivity contribution in [3.8, 4) is 0 Å². The van der Waals surface area contributed by atoms with E-state index in [0.717, 1.165) is 27.8 Å². The number of benzene rings is 2. The monoisotopic (exact) mass is 399 g/mol. The van der Waals surface area contributed by atoms with Crippen molar-refractivity contribution >= 4 is 39.8 Å². The van der Waals surface area contributed by atoms with Gasteiger partial charge < -0.3 is 11.1 Å². The molecule has 0 fully saturated rings. The molecular formula is C22H21N7O. The number of hydrogen-bond acceptors (Lipinski definition) is 7. The zero-order chi connectivity index (χ0) is 21.1. The molecule has 0 spiro atoms. The molecule has 0 saturated carbocycles. The normalized spacial score (nSPS) is 10.6. The molecule has 30 heavy (non-hydrogen) atoms. The molecular weight excluding hydrogens is 378 g/mol. The maximum atomic E-state index is 12.4. The number of anilines is 4. The molecule has 2 heterocycles. The van der Waals surface area contributed by atoms with Crippen LogP contribution in [0.4, 0.5) is 23.0 Å². The van der Waals surface area contributed by atoms with Crippen molar-refractivity contribution in [2.45, 2.75) is 13.8 Å². The fraction of sp³-hybridized carbons (Fsp3) is 0.0909. The Morgan fingerprint density at radius 3 is 2.57 bits per heavy atom. The third kappa shape index (κ3) is 3.83. The highest BCUT2D eigenvalue weighted by Gasteiger charge is 2.13. The molecule has 4 rings (SSSR count). The number of amides is 1. The summed E-state index contributed by atoms with van der Waals surface area (Å²) in [7, 11) is 0. The van der Waals surface area contributed by atoms with Crippen LogP contribution in [0.5, 0.6) is 0 Å². The van der Waals surface area contributed by atoms with E-state index in [9.17, 15) is 4.79 Å². The van der Waals surface area contributed by atoms with E-state index < -0.39 is 0 Å². The minimum Gasteiger partial charge on any atom is -0.393 e. The molecule has 0 radical (unpaired) electrons. The number of nitrogens with two attached hydrogens (primary N) is 1. The van der Waals surface area contributed by atoms with E-state index in [1.54, 1.807) is 6.07 Å². The van der Waals surface area contributed by atoms with Crippen molar-refractivity contribution in [2.24, 2.45) is 0 Å². The summed E-state index contributed by atoms with van der Waals surface area (Å²) in [5.41, 5.74) is 15.8. The summed E-state index contributed by atoms with van der Waals surface area (Å²) in [6.45, 7) is 3.81. The first-order chi connectivity index (χ1) is 14.5. The Morgan fingerprint density at radius 2 is 1.73 bits per heavy atom. The van der Waals surface area contributed by atoms with Gasteiger partial charge in [-0.05, 0) is 37.6 Å². The molecule has 8 heteroatoms. The number of para-hydroxylation sites is 1. The fourth-order valence-electron chi connectivity index (χ4n) is 3.08. The highest BCUT2D eigenvalue weighted by Crippen LogP contribution is 2.29. The van der Waals surface area contributed by atoms with E-state index in [0.29, 0.717) is 17.2 Å². The Bertz CT molecular complexity index is 1240. The van der Waals surface area contributed by atoms with Crippen molar-refractivity contribution in [1.82, 2.24) is 20.4 Å². The predicted molar refractivity (Wildman–Crippen MR) is 118 cm³/mol. The van der Waals surface area contributed by atoms with Crippen LogP contribution in [0, 0.1) is 13.8 Å². The topological polar surface area (TPSA) is 118 Å². The SMILES string of the molecule is Cc1ccc2cccc(Nc3ncnc(NNC(=O)c4ccccc4C)c3N)c2n1. The van der Waals surface area contributed by atoms with E-state index in [1.165, 1.54) is 6.33 Å². The third-order valence-electron chi connectivity index (χ3n) is 4.68. The van der Waals surface area contributed by atoms with E-state index in [4.69, 9.17) is 5.73 Å². The van der Waals surface area contributed by atoms with Gasteiger partial charge in [-0.25, -0.2) is 9.97 Å². The maximum absolute atomic E-state index is 12.4. The van der Waals surface area contributed by atoms with Crippen molar-refractivity contribution < 1.29 is 4.79 Å². The Kier molecular flexibility index (Phi) is 5.13. The summed E-state index contributed by atoms with van der Waals surface area (Å²) < 4.78 is 0. The molecule has 2 aromatic heterocycles. The van der Waals surface area contributed by atoms with Crippen LogP contribution in [0.3, 0.4) is 0 Å². The van der Waals surface area contributed by atoms with Gasteiger partial charge in [0.05, 0.1) is 11.2 Å². The number of aromatic nitrogens is 3. The number of pyridine rings is 1. The molecule has 1 amide bonds. The quantitative estimate of drug-likeness (QED) is 0.378. The van der Waals surface area contributed by atoms with Crippen LogP contribution in [0.1, 0.15) is 21.6 Å². The van der Waals surface area contributed by atoms with Gasteiger partial charge in [-0.15, -0.1) is 0 Å². The first-order valence-corrected chi connectivity index (χ1v) is 9.39. The van der Waals surface area contributed by atoms with E-state index in [-0.39, 0.29) is 11.6 Å². The zero-order valence-corrected chi connectivity index (χ0v) is 16.6. The van der Waals surface area contributed by atoms with Gasteiger partial charge in [0.25, 0.3) is 5.91 Å². The summed E-state index contributed by atoms with van der Waals surface area (Å²) in [4.78, 5) is 25.4. The lowest BCUT2D eigenvalue weighted by molar-refractivity contribution is 0.0962. The molecule has 2 aromatic carbocycles. The summed E-state index contributed by atoms with van der Waals surface area (Å²) >= 11 is 0. The van der Waals surface area contributed by atoms with Crippen molar-refractivity contribution in [3.63, 3.8) is 0 Å². The number of nitrogens with zero attached hydrogens (tertiary/aromatic N) is 3. The van der Waals surface area contributed by atoms with Crippen LogP contribution >= 0.6 is 0 Å². The second-order valence-electron chi connectivity index (χ2n) is 6.83.